The van der Waals surface area contributed by atoms with E-state index in [9.17, 15) is 25.5 Å². The Morgan fingerprint density at radius 3 is 2.19 bits per heavy atom. The predicted molar refractivity (Wildman–Crippen MR) is 50.0 cm³/mol. The molecule has 16 heavy (non-hydrogen) atoms. The van der Waals surface area contributed by atoms with E-state index in [1.165, 1.54) is 12.1 Å². The van der Waals surface area contributed by atoms with Crippen LogP contribution in [0.4, 0.5) is 17.1 Å². The smallest absolute Gasteiger partial charge is 0.195 e. The second kappa shape index (κ2) is 4.40. The number of rotatable bonds is 3. The molecule has 0 aliphatic rings. The highest BCUT2D eigenvalue weighted by atomic mass is 32.3. The first-order valence-corrected chi connectivity index (χ1v) is 5.83. The van der Waals surface area contributed by atoms with Crippen molar-refractivity contribution < 1.29 is 25.5 Å². The lowest BCUT2D eigenvalue weighted by Crippen LogP contribution is -2.11. The topological polar surface area (TPSA) is 34.1 Å². The SMILES string of the molecule is O=S(=O)(F)CCc1ccccc1C(F)(F)F. The first-order valence-electron chi connectivity index (χ1n) is 4.27. The van der Waals surface area contributed by atoms with Gasteiger partial charge in [0, 0.05) is 0 Å². The number of halogens is 4. The van der Waals surface area contributed by atoms with E-state index in [-0.39, 0.29) is 5.56 Å². The zero-order valence-electron chi connectivity index (χ0n) is 7.96. The molecule has 0 unspecified atom stereocenters. The van der Waals surface area contributed by atoms with Gasteiger partial charge in [0.25, 0.3) is 0 Å². The van der Waals surface area contributed by atoms with Gasteiger partial charge in [-0.15, -0.1) is 3.89 Å². The fraction of sp³-hybridized carbons (Fsp3) is 0.333. The van der Waals surface area contributed by atoms with E-state index in [0.29, 0.717) is 0 Å². The van der Waals surface area contributed by atoms with Crippen LogP contribution in [0.25, 0.3) is 0 Å². The van der Waals surface area contributed by atoms with Gasteiger partial charge in [-0.2, -0.15) is 21.6 Å². The van der Waals surface area contributed by atoms with Crippen LogP contribution in [0.15, 0.2) is 24.3 Å². The normalized spacial score (nSPS) is 12.8. The van der Waals surface area contributed by atoms with Crippen molar-refractivity contribution in [3.8, 4) is 0 Å². The second-order valence-corrected chi connectivity index (χ2v) is 4.63. The van der Waals surface area contributed by atoms with Crippen molar-refractivity contribution in [1.29, 1.82) is 0 Å². The van der Waals surface area contributed by atoms with Crippen LogP contribution in [0, 0.1) is 0 Å². The van der Waals surface area contributed by atoms with Gasteiger partial charge in [0.1, 0.15) is 0 Å². The first kappa shape index (κ1) is 13.0. The van der Waals surface area contributed by atoms with Crippen LogP contribution in [-0.2, 0) is 22.8 Å². The van der Waals surface area contributed by atoms with Crippen LogP contribution in [0.1, 0.15) is 11.1 Å². The monoisotopic (exact) mass is 256 g/mol. The molecular formula is C9H8F4O2S. The van der Waals surface area contributed by atoms with E-state index < -0.39 is 34.1 Å². The molecule has 0 spiro atoms. The quantitative estimate of drug-likeness (QED) is 0.615. The number of hydrogen-bond donors (Lipinski definition) is 0. The standard InChI is InChI=1S/C9H8F4O2S/c10-9(11,12)8-4-2-1-3-7(8)5-6-16(13,14)15/h1-4H,5-6H2. The van der Waals surface area contributed by atoms with Crippen molar-refractivity contribution in [3.05, 3.63) is 35.4 Å². The van der Waals surface area contributed by atoms with E-state index in [0.717, 1.165) is 12.1 Å². The molecule has 0 heterocycles. The lowest BCUT2D eigenvalue weighted by molar-refractivity contribution is -0.138. The van der Waals surface area contributed by atoms with Crippen LogP contribution in [0.3, 0.4) is 0 Å². The van der Waals surface area contributed by atoms with Crippen LogP contribution >= 0.6 is 0 Å². The van der Waals surface area contributed by atoms with E-state index in [1.807, 2.05) is 0 Å². The summed E-state index contributed by atoms with van der Waals surface area (Å²) in [6.45, 7) is 0. The minimum Gasteiger partial charge on any atom is -0.195 e. The van der Waals surface area contributed by atoms with Gasteiger partial charge in [-0.05, 0) is 18.1 Å². The number of hydrogen-bond acceptors (Lipinski definition) is 2. The maximum absolute atomic E-state index is 12.4. The molecule has 0 saturated heterocycles. The molecule has 1 aromatic carbocycles. The Hall–Kier alpha value is -1.11. The summed E-state index contributed by atoms with van der Waals surface area (Å²) in [4.78, 5) is 0. The number of alkyl halides is 3. The van der Waals surface area contributed by atoms with Gasteiger partial charge < -0.3 is 0 Å². The van der Waals surface area contributed by atoms with Crippen LogP contribution in [0.5, 0.6) is 0 Å². The molecule has 1 aromatic rings. The van der Waals surface area contributed by atoms with Gasteiger partial charge in [0.15, 0.2) is 0 Å². The van der Waals surface area contributed by atoms with Crippen molar-refractivity contribution in [2.24, 2.45) is 0 Å². The van der Waals surface area contributed by atoms with Gasteiger partial charge in [0.2, 0.25) is 0 Å². The Morgan fingerprint density at radius 2 is 1.69 bits per heavy atom. The summed E-state index contributed by atoms with van der Waals surface area (Å²) in [5, 5.41) is 0. The molecule has 0 atom stereocenters. The Kier molecular flexibility index (Phi) is 3.57. The van der Waals surface area contributed by atoms with Crippen LogP contribution in [-0.4, -0.2) is 14.2 Å². The highest BCUT2D eigenvalue weighted by Gasteiger charge is 2.32. The molecule has 0 aliphatic carbocycles. The fourth-order valence-corrected chi connectivity index (χ4v) is 1.71. The summed E-state index contributed by atoms with van der Waals surface area (Å²) >= 11 is 0. The van der Waals surface area contributed by atoms with E-state index in [4.69, 9.17) is 0 Å². The summed E-state index contributed by atoms with van der Waals surface area (Å²) in [5.74, 6) is -0.944. The van der Waals surface area contributed by atoms with Crippen molar-refractivity contribution in [3.63, 3.8) is 0 Å². The average Bonchev–Trinajstić information content (AvgIpc) is 2.12. The van der Waals surface area contributed by atoms with E-state index >= 15 is 0 Å². The summed E-state index contributed by atoms with van der Waals surface area (Å²) in [7, 11) is -4.75. The van der Waals surface area contributed by atoms with Crippen molar-refractivity contribution in [2.75, 3.05) is 5.75 Å². The molecule has 2 nitrogen and oxygen atoms in total. The minimum atomic E-state index is -4.75. The Morgan fingerprint density at radius 1 is 1.12 bits per heavy atom. The third-order valence-electron chi connectivity index (χ3n) is 1.94. The van der Waals surface area contributed by atoms with Crippen LogP contribution < -0.4 is 0 Å². The number of aryl methyl sites for hydroxylation is 1. The van der Waals surface area contributed by atoms with Gasteiger partial charge >= 0.3 is 16.4 Å². The molecule has 0 amide bonds. The highest BCUT2D eigenvalue weighted by molar-refractivity contribution is 7.86. The van der Waals surface area contributed by atoms with E-state index in [2.05, 4.69) is 0 Å². The summed E-state index contributed by atoms with van der Waals surface area (Å²) in [6, 6.07) is 4.50. The maximum Gasteiger partial charge on any atom is 0.416 e. The fourth-order valence-electron chi connectivity index (χ4n) is 1.25. The molecule has 0 aromatic heterocycles. The third kappa shape index (κ3) is 3.80. The Bertz CT molecular complexity index is 465. The zero-order chi connectivity index (χ0) is 12.4. The zero-order valence-corrected chi connectivity index (χ0v) is 8.78. The summed E-state index contributed by atoms with van der Waals surface area (Å²) < 4.78 is 69.9. The van der Waals surface area contributed by atoms with Gasteiger partial charge in [-0.1, -0.05) is 18.2 Å². The molecule has 0 radical (unpaired) electrons. The summed E-state index contributed by atoms with van der Waals surface area (Å²) in [6.07, 6.45) is -5.05. The lowest BCUT2D eigenvalue weighted by Gasteiger charge is -2.11. The lowest BCUT2D eigenvalue weighted by atomic mass is 10.1. The maximum atomic E-state index is 12.4. The molecule has 0 fully saturated rings. The summed E-state index contributed by atoms with van der Waals surface area (Å²) in [5.41, 5.74) is -1.16. The van der Waals surface area contributed by atoms with Crippen molar-refractivity contribution in [2.45, 2.75) is 12.6 Å². The molecule has 0 saturated carbocycles. The third-order valence-corrected chi connectivity index (χ3v) is 2.63. The molecular weight excluding hydrogens is 248 g/mol. The average molecular weight is 256 g/mol. The molecule has 0 N–H and O–H groups in total. The molecule has 1 rings (SSSR count). The predicted octanol–water partition coefficient (Wildman–Crippen LogP) is 2.55. The Balaban J connectivity index is 2.97. The highest BCUT2D eigenvalue weighted by Crippen LogP contribution is 2.32. The molecule has 0 aliphatic heterocycles. The van der Waals surface area contributed by atoms with Crippen molar-refractivity contribution >= 4 is 10.2 Å². The number of benzene rings is 1. The molecule has 90 valence electrons. The van der Waals surface area contributed by atoms with Crippen molar-refractivity contribution in [1.82, 2.24) is 0 Å². The van der Waals surface area contributed by atoms with Gasteiger partial charge in [0.05, 0.1) is 11.3 Å². The largest absolute Gasteiger partial charge is 0.416 e. The first-order chi connectivity index (χ1) is 7.20. The van der Waals surface area contributed by atoms with E-state index in [1.54, 1.807) is 0 Å². The van der Waals surface area contributed by atoms with Gasteiger partial charge in [-0.3, -0.25) is 0 Å². The minimum absolute atomic E-state index is 0.226. The van der Waals surface area contributed by atoms with Gasteiger partial charge in [-0.25, -0.2) is 0 Å². The molecule has 0 bridgehead atoms. The second-order valence-electron chi connectivity index (χ2n) is 3.15. The Labute approximate surface area is 90.1 Å². The molecule has 7 heteroatoms. The van der Waals surface area contributed by atoms with Crippen LogP contribution in [0.2, 0.25) is 0 Å².